The summed E-state index contributed by atoms with van der Waals surface area (Å²) in [5, 5.41) is 0. The van der Waals surface area contributed by atoms with Crippen LogP contribution in [0, 0.1) is 0 Å². The van der Waals surface area contributed by atoms with Gasteiger partial charge in [-0.3, -0.25) is 14.2 Å². The van der Waals surface area contributed by atoms with Crippen LogP contribution in [0.25, 0.3) is 0 Å². The Kier molecular flexibility index (Phi) is 16.8. The van der Waals surface area contributed by atoms with E-state index in [-0.39, 0.29) is 18.3 Å². The summed E-state index contributed by atoms with van der Waals surface area (Å²) in [7, 11) is 0. The Morgan fingerprint density at radius 3 is 0.923 bits per heavy atom. The molecule has 0 aromatic rings. The molecule has 0 radical (unpaired) electrons. The van der Waals surface area contributed by atoms with Crippen LogP contribution in [-0.2, 0) is 23.7 Å². The molecule has 0 bridgehead atoms. The van der Waals surface area contributed by atoms with Crippen LogP contribution in [0.4, 0.5) is 0 Å². The van der Waals surface area contributed by atoms with Gasteiger partial charge in [0.1, 0.15) is 0 Å². The van der Waals surface area contributed by atoms with Crippen molar-refractivity contribution in [2.24, 2.45) is 0 Å². The molecule has 3 aliphatic rings. The highest BCUT2D eigenvalue weighted by atomic mass is 17.0. The summed E-state index contributed by atoms with van der Waals surface area (Å²) in [5.41, 5.74) is 0. The highest BCUT2D eigenvalue weighted by Crippen LogP contribution is 2.34. The number of esters is 1. The predicted molar refractivity (Wildman–Crippen MR) is 158 cm³/mol. The van der Waals surface area contributed by atoms with E-state index in [1.54, 1.807) is 0 Å². The lowest BCUT2D eigenvalue weighted by molar-refractivity contribution is -0.510. The van der Waals surface area contributed by atoms with Gasteiger partial charge in [-0.05, 0) is 38.5 Å². The predicted octanol–water partition coefficient (Wildman–Crippen LogP) is 10.1. The summed E-state index contributed by atoms with van der Waals surface area (Å²) in [4.78, 5) is 12.8. The lowest BCUT2D eigenvalue weighted by Crippen LogP contribution is -2.50. The Morgan fingerprint density at radius 2 is 0.692 bits per heavy atom. The van der Waals surface area contributed by atoms with E-state index < -0.39 is 12.1 Å². The third-order valence-electron chi connectivity index (χ3n) is 8.98. The van der Waals surface area contributed by atoms with Crippen molar-refractivity contribution in [1.82, 2.24) is 0 Å². The van der Waals surface area contributed by atoms with Gasteiger partial charge in [0, 0.05) is 6.08 Å². The first-order chi connectivity index (χ1) is 19.2. The Morgan fingerprint density at radius 1 is 0.462 bits per heavy atom. The van der Waals surface area contributed by atoms with Crippen molar-refractivity contribution >= 4 is 5.97 Å². The van der Waals surface area contributed by atoms with E-state index in [1.165, 1.54) is 102 Å². The minimum Gasteiger partial charge on any atom is -0.381 e. The fraction of sp³-hybridized carbons (Fsp3) is 0.912. The van der Waals surface area contributed by atoms with E-state index in [9.17, 15) is 4.79 Å². The number of carbonyl (C=O) groups excluding carboxylic acids is 1. The number of ether oxygens (including phenoxy) is 4. The Labute approximate surface area is 240 Å². The standard InChI is InChI=1S/C34H60O5/c1-2-33(35)39-34(36-30-24-18-12-6-3-7-13-19-25-30,37-31-26-20-14-8-4-9-15-21-27-31)38-32-28-22-16-10-5-11-17-23-29-32/h2,30-32H,1,3-29H2. The zero-order valence-corrected chi connectivity index (χ0v) is 25.1. The molecule has 0 aromatic heterocycles. The van der Waals surface area contributed by atoms with E-state index >= 15 is 0 Å². The Hall–Kier alpha value is -0.910. The van der Waals surface area contributed by atoms with Crippen molar-refractivity contribution in [2.45, 2.75) is 198 Å². The van der Waals surface area contributed by atoms with Crippen molar-refractivity contribution in [3.05, 3.63) is 12.7 Å². The first kappa shape index (κ1) is 32.6. The van der Waals surface area contributed by atoms with Crippen molar-refractivity contribution < 1.29 is 23.7 Å². The molecule has 0 aliphatic heterocycles. The monoisotopic (exact) mass is 548 g/mol. The van der Waals surface area contributed by atoms with Gasteiger partial charge in [0.25, 0.3) is 0 Å². The molecule has 3 fully saturated rings. The Bertz CT molecular complexity index is 550. The van der Waals surface area contributed by atoms with E-state index in [1.807, 2.05) is 0 Å². The topological polar surface area (TPSA) is 54.0 Å². The molecule has 3 rings (SSSR count). The van der Waals surface area contributed by atoms with Gasteiger partial charge in [-0.15, -0.1) is 0 Å². The third-order valence-corrected chi connectivity index (χ3v) is 8.98. The highest BCUT2D eigenvalue weighted by molar-refractivity contribution is 5.81. The molecule has 0 amide bonds. The summed E-state index contributed by atoms with van der Waals surface area (Å²) < 4.78 is 26.5. The van der Waals surface area contributed by atoms with Crippen molar-refractivity contribution in [3.63, 3.8) is 0 Å². The van der Waals surface area contributed by atoms with Crippen LogP contribution in [0.5, 0.6) is 0 Å². The second-order valence-corrected chi connectivity index (χ2v) is 12.5. The van der Waals surface area contributed by atoms with Crippen molar-refractivity contribution in [3.8, 4) is 0 Å². The summed E-state index contributed by atoms with van der Waals surface area (Å²) >= 11 is 0. The van der Waals surface area contributed by atoms with Gasteiger partial charge in [-0.1, -0.05) is 141 Å². The van der Waals surface area contributed by atoms with Crippen LogP contribution >= 0.6 is 0 Å². The highest BCUT2D eigenvalue weighted by Gasteiger charge is 2.45. The second kappa shape index (κ2) is 20.0. The van der Waals surface area contributed by atoms with Crippen molar-refractivity contribution in [2.75, 3.05) is 0 Å². The largest absolute Gasteiger partial charge is 0.464 e. The summed E-state index contributed by atoms with van der Waals surface area (Å²) in [5.74, 6) is -0.533. The van der Waals surface area contributed by atoms with Gasteiger partial charge < -0.3 is 4.74 Å². The van der Waals surface area contributed by atoms with E-state index in [4.69, 9.17) is 18.9 Å². The molecular formula is C34H60O5. The maximum absolute atomic E-state index is 12.8. The Balaban J connectivity index is 1.84. The lowest BCUT2D eigenvalue weighted by atomic mass is 9.98. The van der Waals surface area contributed by atoms with Crippen LogP contribution in [-0.4, -0.2) is 30.4 Å². The second-order valence-electron chi connectivity index (χ2n) is 12.5. The maximum atomic E-state index is 12.8. The first-order valence-electron chi connectivity index (χ1n) is 17.1. The van der Waals surface area contributed by atoms with Crippen molar-refractivity contribution in [1.29, 1.82) is 0 Å². The molecule has 0 aromatic carbocycles. The number of rotatable bonds is 8. The zero-order chi connectivity index (χ0) is 27.4. The number of carbonyl (C=O) groups is 1. The normalized spacial score (nSPS) is 23.9. The first-order valence-corrected chi connectivity index (χ1v) is 17.1. The molecule has 5 nitrogen and oxygen atoms in total. The molecular weight excluding hydrogens is 488 g/mol. The molecule has 3 aliphatic carbocycles. The molecule has 39 heavy (non-hydrogen) atoms. The molecule has 0 atom stereocenters. The van der Waals surface area contributed by atoms with Crippen LogP contribution in [0.15, 0.2) is 12.7 Å². The number of hydrogen-bond donors (Lipinski definition) is 0. The van der Waals surface area contributed by atoms with Gasteiger partial charge in [0.2, 0.25) is 0 Å². The van der Waals surface area contributed by atoms with E-state index in [0.717, 1.165) is 77.0 Å². The quantitative estimate of drug-likeness (QED) is 0.172. The van der Waals surface area contributed by atoms with Gasteiger partial charge in [0.05, 0.1) is 18.3 Å². The van der Waals surface area contributed by atoms with Crippen LogP contribution < -0.4 is 0 Å². The maximum Gasteiger partial charge on any atom is 0.464 e. The molecule has 5 heteroatoms. The van der Waals surface area contributed by atoms with Crippen LogP contribution in [0.3, 0.4) is 0 Å². The smallest absolute Gasteiger partial charge is 0.381 e. The minimum atomic E-state index is -1.79. The molecule has 226 valence electrons. The summed E-state index contributed by atoms with van der Waals surface area (Å²) in [6.45, 7) is 3.69. The number of hydrogen-bond acceptors (Lipinski definition) is 5. The molecule has 0 spiro atoms. The molecule has 0 unspecified atom stereocenters. The van der Waals surface area contributed by atoms with Crippen LogP contribution in [0.1, 0.15) is 173 Å². The van der Waals surface area contributed by atoms with Crippen LogP contribution in [0.2, 0.25) is 0 Å². The molecule has 0 heterocycles. The average Bonchev–Trinajstić information content (AvgIpc) is 2.95. The fourth-order valence-electron chi connectivity index (χ4n) is 6.60. The van der Waals surface area contributed by atoms with Gasteiger partial charge in [-0.25, -0.2) is 4.79 Å². The minimum absolute atomic E-state index is 0.0419. The molecule has 0 saturated heterocycles. The summed E-state index contributed by atoms with van der Waals surface area (Å²) in [6.07, 6.45) is 30.9. The lowest BCUT2D eigenvalue weighted by Gasteiger charge is -2.39. The summed E-state index contributed by atoms with van der Waals surface area (Å²) in [6, 6.07) is 0. The van der Waals surface area contributed by atoms with Gasteiger partial charge >= 0.3 is 12.1 Å². The fourth-order valence-corrected chi connectivity index (χ4v) is 6.60. The van der Waals surface area contributed by atoms with E-state index in [2.05, 4.69) is 6.58 Å². The van der Waals surface area contributed by atoms with Gasteiger partial charge in [-0.2, -0.15) is 0 Å². The van der Waals surface area contributed by atoms with E-state index in [0.29, 0.717) is 0 Å². The average molecular weight is 549 g/mol. The van der Waals surface area contributed by atoms with Gasteiger partial charge in [0.15, 0.2) is 0 Å². The SMILES string of the molecule is C=CC(=O)OC(OC1CCCCCCCCC1)(OC1CCCCCCCCC1)OC1CCCCCCCCC1. The third kappa shape index (κ3) is 14.0. The molecule has 3 saturated carbocycles. The molecule has 0 N–H and O–H groups in total. The zero-order valence-electron chi connectivity index (χ0n) is 25.1.